The van der Waals surface area contributed by atoms with E-state index in [1.807, 2.05) is 4.90 Å². The Bertz CT molecular complexity index is 237. The van der Waals surface area contributed by atoms with Crippen molar-refractivity contribution in [2.45, 2.75) is 31.7 Å². The predicted octanol–water partition coefficient (Wildman–Crippen LogP) is 1.02. The normalized spacial score (nSPS) is 30.1. The zero-order chi connectivity index (χ0) is 8.55. The van der Waals surface area contributed by atoms with Crippen LogP contribution in [0.4, 0.5) is 0 Å². The molecule has 12 heavy (non-hydrogen) atoms. The number of carbonyl (C=O) groups is 1. The second-order valence-corrected chi connectivity index (χ2v) is 3.70. The van der Waals surface area contributed by atoms with Crippen molar-refractivity contribution in [1.29, 1.82) is 0 Å². The van der Waals surface area contributed by atoms with Gasteiger partial charge in [0.1, 0.15) is 0 Å². The first-order chi connectivity index (χ1) is 5.81. The number of hydrogen-bond acceptors (Lipinski definition) is 1. The second-order valence-electron chi connectivity index (χ2n) is 3.70. The average molecular weight is 163 g/mol. The maximum atomic E-state index is 11.4. The summed E-state index contributed by atoms with van der Waals surface area (Å²) < 4.78 is 0. The Morgan fingerprint density at radius 1 is 1.50 bits per heavy atom. The topological polar surface area (TPSA) is 20.3 Å². The first kappa shape index (κ1) is 7.67. The number of terminal acetylenes is 1. The van der Waals surface area contributed by atoms with Crippen LogP contribution >= 0.6 is 0 Å². The first-order valence-electron chi connectivity index (χ1n) is 4.57. The van der Waals surface area contributed by atoms with E-state index in [4.69, 9.17) is 6.42 Å². The molecule has 1 aliphatic carbocycles. The van der Waals surface area contributed by atoms with Crippen LogP contribution in [-0.2, 0) is 4.79 Å². The van der Waals surface area contributed by atoms with Gasteiger partial charge < -0.3 is 4.90 Å². The average Bonchev–Trinajstić information content (AvgIpc) is 2.29. The van der Waals surface area contributed by atoms with E-state index < -0.39 is 0 Å². The van der Waals surface area contributed by atoms with E-state index in [2.05, 4.69) is 5.92 Å². The van der Waals surface area contributed by atoms with Crippen molar-refractivity contribution in [3.05, 3.63) is 0 Å². The van der Waals surface area contributed by atoms with Gasteiger partial charge in [-0.2, -0.15) is 0 Å². The lowest BCUT2D eigenvalue weighted by atomic mass is 9.92. The van der Waals surface area contributed by atoms with Crippen LogP contribution in [0, 0.1) is 18.3 Å². The molecule has 1 unspecified atom stereocenters. The Labute approximate surface area is 72.9 Å². The lowest BCUT2D eigenvalue weighted by molar-refractivity contribution is -0.131. The van der Waals surface area contributed by atoms with Crippen molar-refractivity contribution in [2.24, 2.45) is 5.92 Å². The summed E-state index contributed by atoms with van der Waals surface area (Å²) in [6, 6.07) is 0.524. The zero-order valence-corrected chi connectivity index (χ0v) is 7.12. The summed E-state index contributed by atoms with van der Waals surface area (Å²) in [5.74, 6) is 3.11. The minimum atomic E-state index is 0.179. The lowest BCUT2D eigenvalue weighted by Crippen LogP contribution is -2.40. The largest absolute Gasteiger partial charge is 0.338 e. The molecule has 2 nitrogen and oxygen atoms in total. The first-order valence-corrected chi connectivity index (χ1v) is 4.57. The van der Waals surface area contributed by atoms with Gasteiger partial charge in [-0.05, 0) is 19.3 Å². The minimum Gasteiger partial charge on any atom is -0.338 e. The number of carbonyl (C=O) groups excluding carboxylic acids is 1. The fourth-order valence-electron chi connectivity index (χ4n) is 1.89. The number of hydrogen-bond donors (Lipinski definition) is 0. The SMILES string of the molecule is C#CC1CC(=O)N(C2CCC2)C1. The highest BCUT2D eigenvalue weighted by Gasteiger charge is 2.35. The molecule has 0 N–H and O–H groups in total. The molecule has 64 valence electrons. The molecular weight excluding hydrogens is 150 g/mol. The Hall–Kier alpha value is -0.970. The Morgan fingerprint density at radius 3 is 2.67 bits per heavy atom. The molecule has 1 amide bonds. The smallest absolute Gasteiger partial charge is 0.224 e. The molecule has 0 radical (unpaired) electrons. The molecule has 2 heteroatoms. The van der Waals surface area contributed by atoms with E-state index >= 15 is 0 Å². The van der Waals surface area contributed by atoms with E-state index in [0.29, 0.717) is 12.5 Å². The number of rotatable bonds is 1. The summed E-state index contributed by atoms with van der Waals surface area (Å²) in [5.41, 5.74) is 0. The molecule has 0 bridgehead atoms. The van der Waals surface area contributed by atoms with Crippen molar-refractivity contribution in [3.63, 3.8) is 0 Å². The van der Waals surface area contributed by atoms with Gasteiger partial charge >= 0.3 is 0 Å². The van der Waals surface area contributed by atoms with Crippen LogP contribution in [0.3, 0.4) is 0 Å². The van der Waals surface area contributed by atoms with Gasteiger partial charge in [0, 0.05) is 24.9 Å². The molecular formula is C10H13NO. The standard InChI is InChI=1S/C10H13NO/c1-2-8-6-10(12)11(7-8)9-4-3-5-9/h1,8-9H,3-7H2. The fraction of sp³-hybridized carbons (Fsp3) is 0.700. The Morgan fingerprint density at radius 2 is 2.25 bits per heavy atom. The van der Waals surface area contributed by atoms with Crippen molar-refractivity contribution in [1.82, 2.24) is 4.90 Å². The summed E-state index contributed by atoms with van der Waals surface area (Å²) in [7, 11) is 0. The van der Waals surface area contributed by atoms with Gasteiger partial charge in [-0.1, -0.05) is 0 Å². The number of likely N-dealkylation sites (tertiary alicyclic amines) is 1. The maximum Gasteiger partial charge on any atom is 0.224 e. The van der Waals surface area contributed by atoms with Crippen LogP contribution in [0.15, 0.2) is 0 Å². The third-order valence-corrected chi connectivity index (χ3v) is 2.91. The van der Waals surface area contributed by atoms with E-state index in [-0.39, 0.29) is 11.8 Å². The van der Waals surface area contributed by atoms with Gasteiger partial charge in [0.05, 0.1) is 0 Å². The van der Waals surface area contributed by atoms with E-state index in [9.17, 15) is 4.79 Å². The van der Waals surface area contributed by atoms with Crippen LogP contribution < -0.4 is 0 Å². The van der Waals surface area contributed by atoms with Crippen LogP contribution in [0.25, 0.3) is 0 Å². The second kappa shape index (κ2) is 2.82. The lowest BCUT2D eigenvalue weighted by Gasteiger charge is -2.34. The highest BCUT2D eigenvalue weighted by atomic mass is 16.2. The molecule has 1 heterocycles. The molecule has 1 atom stereocenters. The van der Waals surface area contributed by atoms with Gasteiger partial charge in [-0.25, -0.2) is 0 Å². The van der Waals surface area contributed by atoms with Gasteiger partial charge in [-0.15, -0.1) is 12.3 Å². The molecule has 2 aliphatic rings. The van der Waals surface area contributed by atoms with Gasteiger partial charge in [0.2, 0.25) is 5.91 Å². The van der Waals surface area contributed by atoms with Crippen LogP contribution in [-0.4, -0.2) is 23.4 Å². The van der Waals surface area contributed by atoms with Gasteiger partial charge in [0.25, 0.3) is 0 Å². The number of amides is 1. The summed E-state index contributed by atoms with van der Waals surface area (Å²) in [6.45, 7) is 0.806. The molecule has 2 fully saturated rings. The third kappa shape index (κ3) is 1.10. The molecule has 0 aromatic heterocycles. The van der Waals surface area contributed by atoms with Crippen LogP contribution in [0.2, 0.25) is 0 Å². The number of nitrogens with zero attached hydrogens (tertiary/aromatic N) is 1. The quantitative estimate of drug-likeness (QED) is 0.528. The molecule has 2 rings (SSSR count). The van der Waals surface area contributed by atoms with Crippen molar-refractivity contribution in [3.8, 4) is 12.3 Å². The minimum absolute atomic E-state index is 0.179. The van der Waals surface area contributed by atoms with Gasteiger partial charge in [-0.3, -0.25) is 4.79 Å². The monoisotopic (exact) mass is 163 g/mol. The third-order valence-electron chi connectivity index (χ3n) is 2.91. The molecule has 1 aliphatic heterocycles. The van der Waals surface area contributed by atoms with Crippen molar-refractivity contribution >= 4 is 5.91 Å². The molecule has 1 saturated heterocycles. The summed E-state index contributed by atoms with van der Waals surface area (Å²) in [4.78, 5) is 13.4. The fourth-order valence-corrected chi connectivity index (χ4v) is 1.89. The summed E-state index contributed by atoms with van der Waals surface area (Å²) in [6.07, 6.45) is 9.51. The molecule has 0 aromatic rings. The van der Waals surface area contributed by atoms with Gasteiger partial charge in [0.15, 0.2) is 0 Å². The van der Waals surface area contributed by atoms with E-state index in [1.165, 1.54) is 19.3 Å². The predicted molar refractivity (Wildman–Crippen MR) is 46.3 cm³/mol. The van der Waals surface area contributed by atoms with Crippen molar-refractivity contribution in [2.75, 3.05) is 6.54 Å². The summed E-state index contributed by atoms with van der Waals surface area (Å²) >= 11 is 0. The summed E-state index contributed by atoms with van der Waals surface area (Å²) in [5, 5.41) is 0. The maximum absolute atomic E-state index is 11.4. The highest BCUT2D eigenvalue weighted by Crippen LogP contribution is 2.30. The van der Waals surface area contributed by atoms with E-state index in [0.717, 1.165) is 6.54 Å². The highest BCUT2D eigenvalue weighted by molar-refractivity contribution is 5.79. The molecule has 1 saturated carbocycles. The molecule has 0 aromatic carbocycles. The Kier molecular flexibility index (Phi) is 1.80. The molecule has 0 spiro atoms. The van der Waals surface area contributed by atoms with E-state index in [1.54, 1.807) is 0 Å². The Balaban J connectivity index is 1.99. The van der Waals surface area contributed by atoms with Crippen LogP contribution in [0.1, 0.15) is 25.7 Å². The van der Waals surface area contributed by atoms with Crippen LogP contribution in [0.5, 0.6) is 0 Å². The van der Waals surface area contributed by atoms with Crippen molar-refractivity contribution < 1.29 is 4.79 Å². The zero-order valence-electron chi connectivity index (χ0n) is 7.12.